The van der Waals surface area contributed by atoms with Crippen molar-refractivity contribution < 1.29 is 9.53 Å². The lowest BCUT2D eigenvalue weighted by atomic mass is 10.6. The molecule has 0 amide bonds. The van der Waals surface area contributed by atoms with Crippen molar-refractivity contribution in [3.63, 3.8) is 0 Å². The number of hydrogen-bond donors (Lipinski definition) is 0. The number of hydrogen-bond acceptors (Lipinski definition) is 5. The fourth-order valence-electron chi connectivity index (χ4n) is 1.51. The number of esters is 1. The van der Waals surface area contributed by atoms with Crippen LogP contribution in [0.1, 0.15) is 6.92 Å². The molecule has 0 fully saturated rings. The first-order chi connectivity index (χ1) is 6.52. The Morgan fingerprint density at radius 3 is 2.64 bits per heavy atom. The van der Waals surface area contributed by atoms with Crippen molar-refractivity contribution in [1.29, 1.82) is 0 Å². The highest BCUT2D eigenvalue weighted by Crippen LogP contribution is 2.14. The van der Waals surface area contributed by atoms with Crippen LogP contribution in [0, 0.1) is 0 Å². The second-order valence-electron chi connectivity index (χ2n) is 3.55. The van der Waals surface area contributed by atoms with Gasteiger partial charge in [-0.05, 0) is 14.1 Å². The molecule has 0 bridgehead atoms. The van der Waals surface area contributed by atoms with Gasteiger partial charge in [-0.15, -0.1) is 0 Å². The maximum Gasteiger partial charge on any atom is 0.304 e. The van der Waals surface area contributed by atoms with E-state index in [1.165, 1.54) is 6.92 Å². The largest absolute Gasteiger partial charge is 0.444 e. The predicted octanol–water partition coefficient (Wildman–Crippen LogP) is 0.0708. The Hall–Kier alpha value is -1.23. The van der Waals surface area contributed by atoms with Gasteiger partial charge >= 0.3 is 5.97 Å². The minimum Gasteiger partial charge on any atom is -0.444 e. The Balaban J connectivity index is 2.51. The van der Waals surface area contributed by atoms with E-state index in [0.29, 0.717) is 6.73 Å². The SMILES string of the molecule is CC(=O)OCN1C=CN(C)C1N(C)C. The summed E-state index contributed by atoms with van der Waals surface area (Å²) in [7, 11) is 5.94. The molecule has 0 saturated heterocycles. The topological polar surface area (TPSA) is 36.0 Å². The molecule has 1 rings (SSSR count). The molecular formula is C9H17N3O2. The summed E-state index contributed by atoms with van der Waals surface area (Å²) in [4.78, 5) is 16.7. The van der Waals surface area contributed by atoms with Crippen LogP contribution in [0.25, 0.3) is 0 Å². The van der Waals surface area contributed by atoms with Crippen molar-refractivity contribution in [1.82, 2.24) is 14.7 Å². The van der Waals surface area contributed by atoms with Gasteiger partial charge in [0.1, 0.15) is 0 Å². The van der Waals surface area contributed by atoms with E-state index in [-0.39, 0.29) is 12.3 Å². The van der Waals surface area contributed by atoms with Crippen LogP contribution in [-0.4, -0.2) is 54.8 Å². The van der Waals surface area contributed by atoms with E-state index in [9.17, 15) is 4.79 Å². The molecule has 5 heteroatoms. The third-order valence-electron chi connectivity index (χ3n) is 2.03. The monoisotopic (exact) mass is 199 g/mol. The summed E-state index contributed by atoms with van der Waals surface area (Å²) in [6.07, 6.45) is 3.98. The first kappa shape index (κ1) is 10.8. The Bertz CT molecular complexity index is 240. The number of carbonyl (C=O) groups excluding carboxylic acids is 1. The average Bonchev–Trinajstić information content (AvgIpc) is 2.43. The number of carbonyl (C=O) groups is 1. The van der Waals surface area contributed by atoms with Gasteiger partial charge in [0.05, 0.1) is 0 Å². The molecule has 0 aromatic heterocycles. The summed E-state index contributed by atoms with van der Waals surface area (Å²) >= 11 is 0. The lowest BCUT2D eigenvalue weighted by Crippen LogP contribution is -2.48. The average molecular weight is 199 g/mol. The van der Waals surface area contributed by atoms with E-state index in [2.05, 4.69) is 0 Å². The standard InChI is InChI=1S/C9H17N3O2/c1-8(13)14-7-12-6-5-11(4)9(12)10(2)3/h5-6,9H,7H2,1-4H3. The minimum absolute atomic E-state index is 0.120. The van der Waals surface area contributed by atoms with Crippen LogP contribution < -0.4 is 0 Å². The molecule has 0 N–H and O–H groups in total. The molecular weight excluding hydrogens is 182 g/mol. The third kappa shape index (κ3) is 2.38. The molecule has 0 spiro atoms. The van der Waals surface area contributed by atoms with E-state index >= 15 is 0 Å². The normalized spacial score (nSPS) is 20.8. The van der Waals surface area contributed by atoms with Crippen LogP contribution in [-0.2, 0) is 9.53 Å². The van der Waals surface area contributed by atoms with Crippen LogP contribution in [0.15, 0.2) is 12.4 Å². The summed E-state index contributed by atoms with van der Waals surface area (Å²) in [5.41, 5.74) is 0. The summed E-state index contributed by atoms with van der Waals surface area (Å²) in [6.45, 7) is 1.70. The van der Waals surface area contributed by atoms with Gasteiger partial charge in [0.25, 0.3) is 0 Å². The summed E-state index contributed by atoms with van der Waals surface area (Å²) < 4.78 is 4.94. The molecule has 1 aliphatic rings. The molecule has 5 nitrogen and oxygen atoms in total. The summed E-state index contributed by atoms with van der Waals surface area (Å²) in [6, 6.07) is 0. The quantitative estimate of drug-likeness (QED) is 0.601. The first-order valence-electron chi connectivity index (χ1n) is 4.48. The van der Waals surface area contributed by atoms with Gasteiger partial charge in [-0.1, -0.05) is 0 Å². The van der Waals surface area contributed by atoms with E-state index in [0.717, 1.165) is 0 Å². The molecule has 1 unspecified atom stereocenters. The van der Waals surface area contributed by atoms with Gasteiger partial charge in [0.2, 0.25) is 0 Å². The van der Waals surface area contributed by atoms with Crippen molar-refractivity contribution >= 4 is 5.97 Å². The molecule has 0 aromatic rings. The minimum atomic E-state index is -0.259. The summed E-state index contributed by atoms with van der Waals surface area (Å²) in [5.74, 6) is -0.259. The van der Waals surface area contributed by atoms with Crippen molar-refractivity contribution in [2.24, 2.45) is 0 Å². The van der Waals surface area contributed by atoms with Crippen LogP contribution in [0.5, 0.6) is 0 Å². The van der Waals surface area contributed by atoms with Crippen LogP contribution in [0.4, 0.5) is 0 Å². The zero-order valence-corrected chi connectivity index (χ0v) is 9.10. The molecule has 0 saturated carbocycles. The Labute approximate surface area is 84.5 Å². The second kappa shape index (κ2) is 4.32. The van der Waals surface area contributed by atoms with E-state index < -0.39 is 0 Å². The zero-order chi connectivity index (χ0) is 10.7. The van der Waals surface area contributed by atoms with Gasteiger partial charge in [-0.2, -0.15) is 0 Å². The van der Waals surface area contributed by atoms with Gasteiger partial charge in [0.15, 0.2) is 13.0 Å². The predicted molar refractivity (Wildman–Crippen MR) is 52.9 cm³/mol. The molecule has 1 atom stereocenters. The van der Waals surface area contributed by atoms with Gasteiger partial charge < -0.3 is 14.5 Å². The van der Waals surface area contributed by atoms with Gasteiger partial charge in [0, 0.05) is 26.4 Å². The molecule has 0 aliphatic carbocycles. The fraction of sp³-hybridized carbons (Fsp3) is 0.667. The van der Waals surface area contributed by atoms with E-state index in [1.54, 1.807) is 0 Å². The van der Waals surface area contributed by atoms with Gasteiger partial charge in [-0.25, -0.2) is 0 Å². The molecule has 0 radical (unpaired) electrons. The zero-order valence-electron chi connectivity index (χ0n) is 9.10. The van der Waals surface area contributed by atoms with Crippen molar-refractivity contribution in [3.05, 3.63) is 12.4 Å². The third-order valence-corrected chi connectivity index (χ3v) is 2.03. The van der Waals surface area contributed by atoms with Crippen molar-refractivity contribution in [2.45, 2.75) is 13.2 Å². The van der Waals surface area contributed by atoms with E-state index in [1.807, 2.05) is 48.2 Å². The maximum absolute atomic E-state index is 10.7. The van der Waals surface area contributed by atoms with E-state index in [4.69, 9.17) is 4.74 Å². The Morgan fingerprint density at radius 2 is 2.14 bits per heavy atom. The first-order valence-corrected chi connectivity index (χ1v) is 4.48. The van der Waals surface area contributed by atoms with Crippen LogP contribution >= 0.6 is 0 Å². The molecule has 0 aromatic carbocycles. The highest BCUT2D eigenvalue weighted by atomic mass is 16.5. The molecule has 1 aliphatic heterocycles. The number of nitrogens with zero attached hydrogens (tertiary/aromatic N) is 3. The second-order valence-corrected chi connectivity index (χ2v) is 3.55. The summed E-state index contributed by atoms with van der Waals surface area (Å²) in [5, 5.41) is 0. The van der Waals surface area contributed by atoms with Crippen molar-refractivity contribution in [2.75, 3.05) is 27.9 Å². The van der Waals surface area contributed by atoms with Crippen molar-refractivity contribution in [3.8, 4) is 0 Å². The lowest BCUT2D eigenvalue weighted by molar-refractivity contribution is -0.147. The maximum atomic E-state index is 10.7. The molecule has 80 valence electrons. The Morgan fingerprint density at radius 1 is 1.50 bits per heavy atom. The highest BCUT2D eigenvalue weighted by Gasteiger charge is 2.25. The van der Waals surface area contributed by atoms with Gasteiger partial charge in [-0.3, -0.25) is 9.69 Å². The molecule has 1 heterocycles. The van der Waals surface area contributed by atoms with Crippen LogP contribution in [0.3, 0.4) is 0 Å². The van der Waals surface area contributed by atoms with Crippen LogP contribution in [0.2, 0.25) is 0 Å². The fourth-order valence-corrected chi connectivity index (χ4v) is 1.51. The highest BCUT2D eigenvalue weighted by molar-refractivity contribution is 5.65. The lowest BCUT2D eigenvalue weighted by Gasteiger charge is -2.34. The smallest absolute Gasteiger partial charge is 0.304 e. The molecule has 14 heavy (non-hydrogen) atoms. The number of ether oxygens (including phenoxy) is 1. The Kier molecular flexibility index (Phi) is 3.35. The number of rotatable bonds is 3.